The topological polar surface area (TPSA) is 49.9 Å². The molecule has 20 heavy (non-hydrogen) atoms. The third-order valence-corrected chi connectivity index (χ3v) is 5.91. The van der Waals surface area contributed by atoms with Crippen LogP contribution in [-0.4, -0.2) is 54.9 Å². The number of hydrogen-bond acceptors (Lipinski definition) is 3. The van der Waals surface area contributed by atoms with Crippen LogP contribution in [0, 0.1) is 11.8 Å². The molecule has 2 rings (SSSR count). The van der Waals surface area contributed by atoms with Crippen molar-refractivity contribution in [3.8, 4) is 0 Å². The van der Waals surface area contributed by atoms with E-state index in [1.54, 1.807) is 8.61 Å². The van der Waals surface area contributed by atoms with Crippen LogP contribution in [0.2, 0.25) is 0 Å². The van der Waals surface area contributed by atoms with Gasteiger partial charge < -0.3 is 4.74 Å². The zero-order valence-corrected chi connectivity index (χ0v) is 14.1. The van der Waals surface area contributed by atoms with Crippen molar-refractivity contribution in [2.24, 2.45) is 11.8 Å². The van der Waals surface area contributed by atoms with Crippen LogP contribution in [-0.2, 0) is 14.9 Å². The smallest absolute Gasteiger partial charge is 0.282 e. The predicted molar refractivity (Wildman–Crippen MR) is 79.6 cm³/mol. The zero-order chi connectivity index (χ0) is 15.1. The van der Waals surface area contributed by atoms with Crippen LogP contribution in [0.4, 0.5) is 0 Å². The zero-order valence-electron chi connectivity index (χ0n) is 13.3. The van der Waals surface area contributed by atoms with Gasteiger partial charge in [-0.05, 0) is 39.0 Å². The van der Waals surface area contributed by atoms with Crippen molar-refractivity contribution in [3.05, 3.63) is 0 Å². The minimum Gasteiger partial charge on any atom is -0.370 e. The lowest BCUT2D eigenvalue weighted by Crippen LogP contribution is -2.58. The molecule has 0 amide bonds. The van der Waals surface area contributed by atoms with E-state index in [2.05, 4.69) is 13.8 Å². The maximum absolute atomic E-state index is 12.9. The van der Waals surface area contributed by atoms with Gasteiger partial charge >= 0.3 is 0 Å². The quantitative estimate of drug-likeness (QED) is 0.780. The molecule has 0 saturated carbocycles. The first-order valence-electron chi connectivity index (χ1n) is 7.53. The largest absolute Gasteiger partial charge is 0.370 e. The predicted octanol–water partition coefficient (Wildman–Crippen LogP) is 1.71. The lowest BCUT2D eigenvalue weighted by molar-refractivity contribution is -0.110. The molecule has 0 N–H and O–H groups in total. The molecule has 0 aliphatic carbocycles. The molecule has 0 bridgehead atoms. The number of rotatable bonds is 2. The van der Waals surface area contributed by atoms with Gasteiger partial charge in [0.05, 0.1) is 11.7 Å². The van der Waals surface area contributed by atoms with Gasteiger partial charge in [-0.3, -0.25) is 0 Å². The van der Waals surface area contributed by atoms with E-state index in [4.69, 9.17) is 4.74 Å². The van der Waals surface area contributed by atoms with Gasteiger partial charge in [0.2, 0.25) is 0 Å². The Kier molecular flexibility index (Phi) is 4.50. The standard InChI is InChI=1S/C14H28N2O3S/c1-11-6-12(2)8-15(7-11)20(17,18)16-9-13(3)19-14(4,5)10-16/h11-13H,6-10H2,1-5H3/t11-,12+,13-/m1/s1. The van der Waals surface area contributed by atoms with Crippen molar-refractivity contribution in [3.63, 3.8) is 0 Å². The van der Waals surface area contributed by atoms with Crippen molar-refractivity contribution >= 4 is 10.2 Å². The number of morpholine rings is 1. The van der Waals surface area contributed by atoms with Crippen molar-refractivity contribution in [1.82, 2.24) is 8.61 Å². The molecular formula is C14H28N2O3S. The molecule has 3 atom stereocenters. The Balaban J connectivity index is 2.17. The highest BCUT2D eigenvalue weighted by atomic mass is 32.2. The molecule has 0 spiro atoms. The van der Waals surface area contributed by atoms with E-state index in [1.807, 2.05) is 20.8 Å². The normalized spacial score (nSPS) is 37.0. The SMILES string of the molecule is C[C@@H]1C[C@H](C)CN(S(=O)(=O)N2C[C@@H](C)OC(C)(C)C2)C1. The average molecular weight is 304 g/mol. The summed E-state index contributed by atoms with van der Waals surface area (Å²) < 4.78 is 34.8. The Morgan fingerprint density at radius 3 is 2.05 bits per heavy atom. The summed E-state index contributed by atoms with van der Waals surface area (Å²) >= 11 is 0. The maximum Gasteiger partial charge on any atom is 0.282 e. The fraction of sp³-hybridized carbons (Fsp3) is 1.00. The Morgan fingerprint density at radius 1 is 1.00 bits per heavy atom. The number of hydrogen-bond donors (Lipinski definition) is 0. The van der Waals surface area contributed by atoms with Crippen molar-refractivity contribution in [2.75, 3.05) is 26.2 Å². The van der Waals surface area contributed by atoms with Gasteiger partial charge in [0.15, 0.2) is 0 Å². The summed E-state index contributed by atoms with van der Waals surface area (Å²) in [4.78, 5) is 0. The summed E-state index contributed by atoms with van der Waals surface area (Å²) in [6.45, 7) is 12.2. The fourth-order valence-corrected chi connectivity index (χ4v) is 5.61. The van der Waals surface area contributed by atoms with E-state index >= 15 is 0 Å². The van der Waals surface area contributed by atoms with Crippen LogP contribution in [0.5, 0.6) is 0 Å². The molecule has 0 aromatic carbocycles. The molecule has 6 heteroatoms. The summed E-state index contributed by atoms with van der Waals surface area (Å²) in [5.41, 5.74) is -0.419. The van der Waals surface area contributed by atoms with Gasteiger partial charge in [0, 0.05) is 26.2 Å². The third-order valence-electron chi connectivity index (χ3n) is 4.03. The van der Waals surface area contributed by atoms with Gasteiger partial charge in [-0.2, -0.15) is 17.0 Å². The number of nitrogens with zero attached hydrogens (tertiary/aromatic N) is 2. The molecule has 5 nitrogen and oxygen atoms in total. The molecule has 2 aliphatic heterocycles. The lowest BCUT2D eigenvalue weighted by Gasteiger charge is -2.44. The minimum atomic E-state index is -3.37. The van der Waals surface area contributed by atoms with E-state index in [0.717, 1.165) is 6.42 Å². The summed E-state index contributed by atoms with van der Waals surface area (Å²) in [6, 6.07) is 0. The van der Waals surface area contributed by atoms with E-state index in [-0.39, 0.29) is 6.10 Å². The van der Waals surface area contributed by atoms with E-state index < -0.39 is 15.8 Å². The first-order valence-corrected chi connectivity index (χ1v) is 8.93. The van der Waals surface area contributed by atoms with Crippen LogP contribution >= 0.6 is 0 Å². The second-order valence-electron chi connectivity index (χ2n) is 7.25. The Bertz CT molecular complexity index is 439. The Labute approximate surface area is 123 Å². The highest BCUT2D eigenvalue weighted by Crippen LogP contribution is 2.28. The average Bonchev–Trinajstić information content (AvgIpc) is 2.24. The first kappa shape index (κ1) is 16.2. The van der Waals surface area contributed by atoms with Crippen LogP contribution in [0.25, 0.3) is 0 Å². The summed E-state index contributed by atoms with van der Waals surface area (Å²) in [7, 11) is -3.37. The van der Waals surface area contributed by atoms with Crippen LogP contribution in [0.3, 0.4) is 0 Å². The van der Waals surface area contributed by atoms with Crippen molar-refractivity contribution < 1.29 is 13.2 Å². The number of ether oxygens (including phenoxy) is 1. The van der Waals surface area contributed by atoms with Crippen molar-refractivity contribution in [1.29, 1.82) is 0 Å². The minimum absolute atomic E-state index is 0.0619. The monoisotopic (exact) mass is 304 g/mol. The number of piperidine rings is 1. The second-order valence-corrected chi connectivity index (χ2v) is 9.18. The highest BCUT2D eigenvalue weighted by Gasteiger charge is 2.41. The Morgan fingerprint density at radius 2 is 1.55 bits per heavy atom. The van der Waals surface area contributed by atoms with E-state index in [0.29, 0.717) is 38.0 Å². The van der Waals surface area contributed by atoms with Crippen LogP contribution in [0.1, 0.15) is 41.0 Å². The summed E-state index contributed by atoms with van der Waals surface area (Å²) in [5.74, 6) is 0.861. The van der Waals surface area contributed by atoms with Gasteiger partial charge in [-0.25, -0.2) is 0 Å². The van der Waals surface area contributed by atoms with Gasteiger partial charge in [0.25, 0.3) is 10.2 Å². The van der Waals surface area contributed by atoms with Gasteiger partial charge in [-0.1, -0.05) is 13.8 Å². The third kappa shape index (κ3) is 3.53. The molecule has 2 saturated heterocycles. The molecule has 2 aliphatic rings. The highest BCUT2D eigenvalue weighted by molar-refractivity contribution is 7.86. The lowest BCUT2D eigenvalue weighted by atomic mass is 9.94. The van der Waals surface area contributed by atoms with Crippen LogP contribution < -0.4 is 0 Å². The van der Waals surface area contributed by atoms with E-state index in [9.17, 15) is 8.42 Å². The van der Waals surface area contributed by atoms with Crippen molar-refractivity contribution in [2.45, 2.75) is 52.7 Å². The summed E-state index contributed by atoms with van der Waals surface area (Å²) in [5, 5.41) is 0. The molecular weight excluding hydrogens is 276 g/mol. The molecule has 2 heterocycles. The maximum atomic E-state index is 12.9. The van der Waals surface area contributed by atoms with E-state index in [1.165, 1.54) is 0 Å². The van der Waals surface area contributed by atoms with Gasteiger partial charge in [0.1, 0.15) is 0 Å². The molecule has 0 unspecified atom stereocenters. The molecule has 0 aromatic heterocycles. The summed E-state index contributed by atoms with van der Waals surface area (Å²) in [6.07, 6.45) is 1.05. The second kappa shape index (κ2) is 5.55. The van der Waals surface area contributed by atoms with Crippen LogP contribution in [0.15, 0.2) is 0 Å². The molecule has 118 valence electrons. The fourth-order valence-electron chi connectivity index (χ4n) is 3.53. The molecule has 0 radical (unpaired) electrons. The first-order chi connectivity index (χ1) is 9.10. The van der Waals surface area contributed by atoms with Gasteiger partial charge in [-0.15, -0.1) is 0 Å². The molecule has 2 fully saturated rings. The molecule has 0 aromatic rings. The Hall–Kier alpha value is -0.170.